The second-order valence-electron chi connectivity index (χ2n) is 4.36. The minimum atomic E-state index is -0.0731. The van der Waals surface area contributed by atoms with Crippen LogP contribution in [0.2, 0.25) is 5.02 Å². The van der Waals surface area contributed by atoms with E-state index in [1.54, 1.807) is 29.6 Å². The zero-order valence-electron chi connectivity index (χ0n) is 10.9. The van der Waals surface area contributed by atoms with Crippen molar-refractivity contribution in [2.75, 3.05) is 5.32 Å². The van der Waals surface area contributed by atoms with Gasteiger partial charge in [-0.2, -0.15) is 0 Å². The highest BCUT2D eigenvalue weighted by Gasteiger charge is 2.12. The molecule has 0 bridgehead atoms. The average Bonchev–Trinajstić information content (AvgIpc) is 2.98. The van der Waals surface area contributed by atoms with Crippen LogP contribution < -0.4 is 5.32 Å². The summed E-state index contributed by atoms with van der Waals surface area (Å²) in [4.78, 5) is 16.6. The number of aromatic nitrogens is 1. The molecule has 1 N–H and O–H groups in total. The van der Waals surface area contributed by atoms with Crippen molar-refractivity contribution in [3.8, 4) is 0 Å². The van der Waals surface area contributed by atoms with Crippen molar-refractivity contribution < 1.29 is 4.79 Å². The van der Waals surface area contributed by atoms with Crippen LogP contribution in [0.5, 0.6) is 0 Å². The topological polar surface area (TPSA) is 42.0 Å². The van der Waals surface area contributed by atoms with E-state index in [0.717, 1.165) is 5.69 Å². The molecule has 5 heteroatoms. The number of thiazole rings is 1. The van der Waals surface area contributed by atoms with E-state index in [-0.39, 0.29) is 5.78 Å². The Hall–Kier alpha value is -2.17. The molecule has 0 amide bonds. The third kappa shape index (κ3) is 3.29. The lowest BCUT2D eigenvalue weighted by molar-refractivity contribution is 0.103. The highest BCUT2D eigenvalue weighted by molar-refractivity contribution is 7.14. The van der Waals surface area contributed by atoms with Crippen molar-refractivity contribution >= 4 is 39.5 Å². The van der Waals surface area contributed by atoms with Crippen LogP contribution in [0.3, 0.4) is 0 Å². The standard InChI is InChI=1S/C16H11ClN2OS/c17-12-6-8-13(9-7-12)18-16-19-14(10-21-16)15(20)11-4-2-1-3-5-11/h1-10H,(H,18,19). The van der Waals surface area contributed by atoms with E-state index in [2.05, 4.69) is 10.3 Å². The van der Waals surface area contributed by atoms with Crippen LogP contribution in [0.4, 0.5) is 10.8 Å². The number of anilines is 2. The molecule has 2 aromatic carbocycles. The van der Waals surface area contributed by atoms with Gasteiger partial charge in [0, 0.05) is 21.7 Å². The van der Waals surface area contributed by atoms with Gasteiger partial charge in [0.05, 0.1) is 0 Å². The molecule has 21 heavy (non-hydrogen) atoms. The Morgan fingerprint density at radius 1 is 1.05 bits per heavy atom. The number of carbonyl (C=O) groups is 1. The lowest BCUT2D eigenvalue weighted by Crippen LogP contribution is -2.01. The third-order valence-electron chi connectivity index (χ3n) is 2.87. The normalized spacial score (nSPS) is 10.3. The number of rotatable bonds is 4. The van der Waals surface area contributed by atoms with Crippen molar-refractivity contribution in [2.45, 2.75) is 0 Å². The van der Waals surface area contributed by atoms with Gasteiger partial charge in [-0.15, -0.1) is 11.3 Å². The van der Waals surface area contributed by atoms with Gasteiger partial charge in [0.25, 0.3) is 0 Å². The van der Waals surface area contributed by atoms with Crippen LogP contribution in [0, 0.1) is 0 Å². The van der Waals surface area contributed by atoms with Gasteiger partial charge in [0.2, 0.25) is 5.78 Å². The molecule has 0 spiro atoms. The van der Waals surface area contributed by atoms with E-state index in [9.17, 15) is 4.79 Å². The predicted octanol–water partition coefficient (Wildman–Crippen LogP) is 4.77. The molecule has 104 valence electrons. The Labute approximate surface area is 131 Å². The maximum absolute atomic E-state index is 12.3. The zero-order valence-corrected chi connectivity index (χ0v) is 12.5. The highest BCUT2D eigenvalue weighted by atomic mass is 35.5. The van der Waals surface area contributed by atoms with Crippen LogP contribution in [0.25, 0.3) is 0 Å². The highest BCUT2D eigenvalue weighted by Crippen LogP contribution is 2.23. The Morgan fingerprint density at radius 2 is 1.76 bits per heavy atom. The van der Waals surface area contributed by atoms with E-state index in [0.29, 0.717) is 21.4 Å². The molecule has 0 aliphatic carbocycles. The molecule has 1 heterocycles. The van der Waals surface area contributed by atoms with Crippen molar-refractivity contribution in [2.24, 2.45) is 0 Å². The van der Waals surface area contributed by atoms with Gasteiger partial charge in [-0.05, 0) is 24.3 Å². The van der Waals surface area contributed by atoms with E-state index in [4.69, 9.17) is 11.6 Å². The number of ketones is 1. The largest absolute Gasteiger partial charge is 0.332 e. The third-order valence-corrected chi connectivity index (χ3v) is 3.88. The van der Waals surface area contributed by atoms with E-state index >= 15 is 0 Å². The molecule has 0 aliphatic heterocycles. The first-order valence-corrected chi connectivity index (χ1v) is 7.56. The molecule has 0 aliphatic rings. The summed E-state index contributed by atoms with van der Waals surface area (Å²) in [6.07, 6.45) is 0. The monoisotopic (exact) mass is 314 g/mol. The summed E-state index contributed by atoms with van der Waals surface area (Å²) >= 11 is 7.24. The fourth-order valence-corrected chi connectivity index (χ4v) is 2.67. The quantitative estimate of drug-likeness (QED) is 0.705. The number of carbonyl (C=O) groups excluding carboxylic acids is 1. The van der Waals surface area contributed by atoms with E-state index in [1.165, 1.54) is 11.3 Å². The minimum absolute atomic E-state index is 0.0731. The first-order valence-electron chi connectivity index (χ1n) is 6.30. The molecule has 0 fully saturated rings. The smallest absolute Gasteiger partial charge is 0.212 e. The fourth-order valence-electron chi connectivity index (χ4n) is 1.83. The molecule has 0 radical (unpaired) electrons. The van der Waals surface area contributed by atoms with Gasteiger partial charge in [-0.3, -0.25) is 4.79 Å². The van der Waals surface area contributed by atoms with Gasteiger partial charge in [-0.25, -0.2) is 4.98 Å². The number of nitrogens with one attached hydrogen (secondary N) is 1. The number of hydrogen-bond acceptors (Lipinski definition) is 4. The van der Waals surface area contributed by atoms with Gasteiger partial charge in [0.1, 0.15) is 5.69 Å². The van der Waals surface area contributed by atoms with Crippen molar-refractivity contribution in [3.05, 3.63) is 76.3 Å². The van der Waals surface area contributed by atoms with Gasteiger partial charge in [0.15, 0.2) is 5.13 Å². The maximum atomic E-state index is 12.3. The van der Waals surface area contributed by atoms with Gasteiger partial charge >= 0.3 is 0 Å². The second-order valence-corrected chi connectivity index (χ2v) is 5.66. The van der Waals surface area contributed by atoms with Crippen LogP contribution in [-0.2, 0) is 0 Å². The molecule has 0 saturated heterocycles. The lowest BCUT2D eigenvalue weighted by atomic mass is 10.1. The molecular formula is C16H11ClN2OS. The van der Waals surface area contributed by atoms with E-state index in [1.807, 2.05) is 30.3 Å². The lowest BCUT2D eigenvalue weighted by Gasteiger charge is -2.01. The van der Waals surface area contributed by atoms with Crippen LogP contribution >= 0.6 is 22.9 Å². The predicted molar refractivity (Wildman–Crippen MR) is 86.7 cm³/mol. The first kappa shape index (κ1) is 13.8. The molecule has 3 rings (SSSR count). The van der Waals surface area contributed by atoms with Crippen molar-refractivity contribution in [3.63, 3.8) is 0 Å². The van der Waals surface area contributed by atoms with E-state index < -0.39 is 0 Å². The van der Waals surface area contributed by atoms with Crippen LogP contribution in [0.1, 0.15) is 16.1 Å². The number of halogens is 1. The Bertz CT molecular complexity index is 753. The van der Waals surface area contributed by atoms with Gasteiger partial charge in [-0.1, -0.05) is 41.9 Å². The van der Waals surface area contributed by atoms with Crippen molar-refractivity contribution in [1.29, 1.82) is 0 Å². The Balaban J connectivity index is 1.77. The SMILES string of the molecule is O=C(c1ccccc1)c1csc(Nc2ccc(Cl)cc2)n1. The molecule has 3 aromatic rings. The summed E-state index contributed by atoms with van der Waals surface area (Å²) in [5.41, 5.74) is 1.97. The van der Waals surface area contributed by atoms with Crippen molar-refractivity contribution in [1.82, 2.24) is 4.98 Å². The van der Waals surface area contributed by atoms with Crippen LogP contribution in [-0.4, -0.2) is 10.8 Å². The molecular weight excluding hydrogens is 304 g/mol. The maximum Gasteiger partial charge on any atom is 0.212 e. The number of hydrogen-bond donors (Lipinski definition) is 1. The second kappa shape index (κ2) is 6.08. The summed E-state index contributed by atoms with van der Waals surface area (Å²) in [6.45, 7) is 0. The fraction of sp³-hybridized carbons (Fsp3) is 0. The molecule has 1 aromatic heterocycles. The molecule has 0 saturated carbocycles. The Kier molecular flexibility index (Phi) is 3.99. The molecule has 0 unspecified atom stereocenters. The summed E-state index contributed by atoms with van der Waals surface area (Å²) < 4.78 is 0. The first-order chi connectivity index (χ1) is 10.2. The van der Waals surface area contributed by atoms with Crippen LogP contribution in [0.15, 0.2) is 60.0 Å². The zero-order chi connectivity index (χ0) is 14.7. The molecule has 0 atom stereocenters. The number of benzene rings is 2. The summed E-state index contributed by atoms with van der Waals surface area (Å²) in [5.74, 6) is -0.0731. The summed E-state index contributed by atoms with van der Waals surface area (Å²) in [7, 11) is 0. The molecule has 3 nitrogen and oxygen atoms in total. The number of nitrogens with zero attached hydrogens (tertiary/aromatic N) is 1. The summed E-state index contributed by atoms with van der Waals surface area (Å²) in [6, 6.07) is 16.5. The average molecular weight is 315 g/mol. The minimum Gasteiger partial charge on any atom is -0.332 e. The Morgan fingerprint density at radius 3 is 2.48 bits per heavy atom. The van der Waals surface area contributed by atoms with Gasteiger partial charge < -0.3 is 5.32 Å². The summed E-state index contributed by atoms with van der Waals surface area (Å²) in [5, 5.41) is 6.27.